The second-order valence-corrected chi connectivity index (χ2v) is 9.40. The lowest BCUT2D eigenvalue weighted by molar-refractivity contribution is 0.0954. The van der Waals surface area contributed by atoms with Gasteiger partial charge in [0.1, 0.15) is 16.5 Å². The number of thiazole rings is 1. The lowest BCUT2D eigenvalue weighted by Crippen LogP contribution is -2.48. The third-order valence-electron chi connectivity index (χ3n) is 6.10. The number of carbonyl (C=O) groups excluding carboxylic acids is 1. The quantitative estimate of drug-likeness (QED) is 0.771. The number of aromatic nitrogens is 1. The topological polar surface area (TPSA) is 48.5 Å². The van der Waals surface area contributed by atoms with Crippen LogP contribution < -0.4 is 10.2 Å². The number of carbonyl (C=O) groups is 1. The van der Waals surface area contributed by atoms with Crippen LogP contribution >= 0.6 is 11.3 Å². The van der Waals surface area contributed by atoms with Crippen LogP contribution in [0.1, 0.15) is 47.8 Å². The summed E-state index contributed by atoms with van der Waals surface area (Å²) in [5.41, 5.74) is 0.127. The molecule has 5 nitrogen and oxygen atoms in total. The summed E-state index contributed by atoms with van der Waals surface area (Å²) in [6.07, 6.45) is 6.44. The minimum Gasteiger partial charge on any atom is -0.348 e. The minimum absolute atomic E-state index is 0.0602. The van der Waals surface area contributed by atoms with Crippen molar-refractivity contribution in [2.45, 2.75) is 45.2 Å². The van der Waals surface area contributed by atoms with E-state index < -0.39 is 11.6 Å². The van der Waals surface area contributed by atoms with Crippen molar-refractivity contribution in [3.05, 3.63) is 46.5 Å². The summed E-state index contributed by atoms with van der Waals surface area (Å²) in [5, 5.41) is 3.50. The SMILES string of the molecule is C[C@@H]1CCCN(C2CCN(c3ncc(C(=O)NCc4cc(F)ccc4F)s3)CC2)C1. The molecule has 3 heterocycles. The van der Waals surface area contributed by atoms with E-state index in [1.807, 2.05) is 0 Å². The van der Waals surface area contributed by atoms with E-state index in [1.165, 1.54) is 37.3 Å². The molecule has 0 unspecified atom stereocenters. The van der Waals surface area contributed by atoms with Gasteiger partial charge in [0.15, 0.2) is 5.13 Å². The Morgan fingerprint density at radius 3 is 2.80 bits per heavy atom. The number of piperidine rings is 2. The van der Waals surface area contributed by atoms with Crippen molar-refractivity contribution in [3.63, 3.8) is 0 Å². The van der Waals surface area contributed by atoms with Gasteiger partial charge in [0.25, 0.3) is 5.91 Å². The van der Waals surface area contributed by atoms with Gasteiger partial charge in [0.2, 0.25) is 0 Å². The highest BCUT2D eigenvalue weighted by molar-refractivity contribution is 7.17. The molecule has 162 valence electrons. The van der Waals surface area contributed by atoms with Crippen molar-refractivity contribution in [1.29, 1.82) is 0 Å². The first-order valence-corrected chi connectivity index (χ1v) is 11.5. The number of hydrogen-bond acceptors (Lipinski definition) is 5. The number of anilines is 1. The zero-order valence-corrected chi connectivity index (χ0v) is 18.1. The fraction of sp³-hybridized carbons (Fsp3) is 0.545. The lowest BCUT2D eigenvalue weighted by Gasteiger charge is -2.41. The monoisotopic (exact) mass is 434 g/mol. The predicted molar refractivity (Wildman–Crippen MR) is 115 cm³/mol. The van der Waals surface area contributed by atoms with Crippen LogP contribution in [-0.4, -0.2) is 48.0 Å². The zero-order chi connectivity index (χ0) is 21.1. The number of nitrogens with zero attached hydrogens (tertiary/aromatic N) is 3. The molecule has 2 aliphatic rings. The third kappa shape index (κ3) is 4.98. The zero-order valence-electron chi connectivity index (χ0n) is 17.2. The van der Waals surface area contributed by atoms with Gasteiger partial charge in [-0.2, -0.15) is 0 Å². The van der Waals surface area contributed by atoms with E-state index in [9.17, 15) is 13.6 Å². The van der Waals surface area contributed by atoms with Crippen molar-refractivity contribution in [3.8, 4) is 0 Å². The van der Waals surface area contributed by atoms with Gasteiger partial charge in [-0.05, 0) is 56.3 Å². The molecule has 2 aromatic rings. The predicted octanol–water partition coefficient (Wildman–Crippen LogP) is 4.05. The molecule has 2 fully saturated rings. The van der Waals surface area contributed by atoms with Crippen LogP contribution in [0.2, 0.25) is 0 Å². The molecule has 1 aromatic heterocycles. The van der Waals surface area contributed by atoms with E-state index >= 15 is 0 Å². The first-order chi connectivity index (χ1) is 14.5. The van der Waals surface area contributed by atoms with Gasteiger partial charge < -0.3 is 10.2 Å². The molecule has 8 heteroatoms. The van der Waals surface area contributed by atoms with Gasteiger partial charge in [0, 0.05) is 37.8 Å². The smallest absolute Gasteiger partial charge is 0.263 e. The molecule has 0 saturated carbocycles. The Morgan fingerprint density at radius 2 is 2.03 bits per heavy atom. The van der Waals surface area contributed by atoms with Crippen molar-refractivity contribution in [1.82, 2.24) is 15.2 Å². The van der Waals surface area contributed by atoms with E-state index in [2.05, 4.69) is 27.0 Å². The molecule has 1 aromatic carbocycles. The molecule has 2 saturated heterocycles. The third-order valence-corrected chi connectivity index (χ3v) is 7.16. The lowest BCUT2D eigenvalue weighted by atomic mass is 9.95. The van der Waals surface area contributed by atoms with Gasteiger partial charge in [-0.25, -0.2) is 13.8 Å². The second-order valence-electron chi connectivity index (χ2n) is 8.39. The average molecular weight is 435 g/mol. The Bertz CT molecular complexity index is 882. The Morgan fingerprint density at radius 1 is 1.23 bits per heavy atom. The number of rotatable bonds is 5. The van der Waals surface area contributed by atoms with Crippen LogP contribution in [0.25, 0.3) is 0 Å². The molecule has 0 spiro atoms. The normalized spacial score (nSPS) is 21.0. The summed E-state index contributed by atoms with van der Waals surface area (Å²) in [6, 6.07) is 3.87. The first kappa shape index (κ1) is 21.2. The van der Waals surface area contributed by atoms with Crippen molar-refractivity contribution >= 4 is 22.4 Å². The van der Waals surface area contributed by atoms with Gasteiger partial charge in [-0.15, -0.1) is 0 Å². The fourth-order valence-electron chi connectivity index (χ4n) is 4.44. The molecule has 1 N–H and O–H groups in total. The van der Waals surface area contributed by atoms with Crippen LogP contribution in [0.5, 0.6) is 0 Å². The molecule has 2 aliphatic heterocycles. The second kappa shape index (κ2) is 9.39. The first-order valence-electron chi connectivity index (χ1n) is 10.7. The number of likely N-dealkylation sites (tertiary alicyclic amines) is 1. The van der Waals surface area contributed by atoms with Gasteiger partial charge in [-0.3, -0.25) is 9.69 Å². The van der Waals surface area contributed by atoms with Crippen molar-refractivity contribution in [2.24, 2.45) is 5.92 Å². The van der Waals surface area contributed by atoms with Crippen molar-refractivity contribution in [2.75, 3.05) is 31.1 Å². The van der Waals surface area contributed by atoms with Crippen LogP contribution in [0, 0.1) is 17.6 Å². The van der Waals surface area contributed by atoms with Gasteiger partial charge >= 0.3 is 0 Å². The molecular weight excluding hydrogens is 406 g/mol. The molecule has 1 atom stereocenters. The maximum absolute atomic E-state index is 13.7. The summed E-state index contributed by atoms with van der Waals surface area (Å²) < 4.78 is 27.0. The van der Waals surface area contributed by atoms with Crippen LogP contribution in [0.15, 0.2) is 24.4 Å². The van der Waals surface area contributed by atoms with Crippen LogP contribution in [0.4, 0.5) is 13.9 Å². The molecule has 0 radical (unpaired) electrons. The Kier molecular flexibility index (Phi) is 6.63. The van der Waals surface area contributed by atoms with Gasteiger partial charge in [0.05, 0.1) is 6.20 Å². The number of hydrogen-bond donors (Lipinski definition) is 1. The number of nitrogens with one attached hydrogen (secondary N) is 1. The summed E-state index contributed by atoms with van der Waals surface area (Å²) in [5.74, 6) is -0.590. The van der Waals surface area contributed by atoms with E-state index in [0.29, 0.717) is 10.9 Å². The fourth-order valence-corrected chi connectivity index (χ4v) is 5.32. The molecule has 4 rings (SSSR count). The largest absolute Gasteiger partial charge is 0.348 e. The minimum atomic E-state index is -0.535. The van der Waals surface area contributed by atoms with E-state index in [1.54, 1.807) is 6.20 Å². The van der Waals surface area contributed by atoms with Crippen molar-refractivity contribution < 1.29 is 13.6 Å². The van der Waals surface area contributed by atoms with Crippen LogP contribution in [0.3, 0.4) is 0 Å². The number of halogens is 2. The Hall–Kier alpha value is -2.06. The standard InChI is InChI=1S/C22H28F2N4OS/c1-15-3-2-8-28(14-15)18-6-9-27(10-7-18)22-26-13-20(30-22)21(29)25-12-16-11-17(23)4-5-19(16)24/h4-5,11,13,15,18H,2-3,6-10,12,14H2,1H3,(H,25,29)/t15-/m1/s1. The Balaban J connectivity index is 1.30. The summed E-state index contributed by atoms with van der Waals surface area (Å²) in [6.45, 7) is 6.58. The maximum Gasteiger partial charge on any atom is 0.263 e. The van der Waals surface area contributed by atoms with Crippen LogP contribution in [-0.2, 0) is 6.54 Å². The summed E-state index contributed by atoms with van der Waals surface area (Å²) in [4.78, 5) is 22.2. The molecule has 0 bridgehead atoms. The molecule has 30 heavy (non-hydrogen) atoms. The summed E-state index contributed by atoms with van der Waals surface area (Å²) in [7, 11) is 0. The van der Waals surface area contributed by atoms with E-state index in [0.717, 1.165) is 55.2 Å². The highest BCUT2D eigenvalue weighted by atomic mass is 32.1. The number of amides is 1. The summed E-state index contributed by atoms with van der Waals surface area (Å²) >= 11 is 1.35. The maximum atomic E-state index is 13.7. The molecule has 1 amide bonds. The molecule has 0 aliphatic carbocycles. The van der Waals surface area contributed by atoms with E-state index in [4.69, 9.17) is 0 Å². The highest BCUT2D eigenvalue weighted by Crippen LogP contribution is 2.29. The average Bonchev–Trinajstić information content (AvgIpc) is 3.25. The molecular formula is C22H28F2N4OS. The highest BCUT2D eigenvalue weighted by Gasteiger charge is 2.28. The number of benzene rings is 1. The van der Waals surface area contributed by atoms with E-state index in [-0.39, 0.29) is 18.0 Å². The Labute approximate surface area is 180 Å². The van der Waals surface area contributed by atoms with Gasteiger partial charge in [-0.1, -0.05) is 18.3 Å².